The summed E-state index contributed by atoms with van der Waals surface area (Å²) < 4.78 is 0. The minimum atomic E-state index is 0.513. The summed E-state index contributed by atoms with van der Waals surface area (Å²) in [6.07, 6.45) is 1.26. The van der Waals surface area contributed by atoms with Gasteiger partial charge in [-0.3, -0.25) is 0 Å². The highest BCUT2D eigenvalue weighted by Gasteiger charge is 2.04. The summed E-state index contributed by atoms with van der Waals surface area (Å²) in [5, 5.41) is 5.66. The maximum Gasteiger partial charge on any atom is 0.0386 e. The molecule has 1 N–H and O–H groups in total. The first-order chi connectivity index (χ1) is 6.20. The van der Waals surface area contributed by atoms with E-state index in [-0.39, 0.29) is 0 Å². The van der Waals surface area contributed by atoms with Gasteiger partial charge in [0, 0.05) is 10.9 Å². The Bertz CT molecular complexity index is 216. The lowest BCUT2D eigenvalue weighted by Gasteiger charge is -2.12. The molecule has 0 aliphatic carbocycles. The molecule has 1 heterocycles. The number of hydrogen-bond acceptors (Lipinski definition) is 2. The van der Waals surface area contributed by atoms with Gasteiger partial charge in [-0.1, -0.05) is 19.9 Å². The Kier molecular flexibility index (Phi) is 4.46. The third-order valence-corrected chi connectivity index (χ3v) is 3.20. The summed E-state index contributed by atoms with van der Waals surface area (Å²) in [6.45, 7) is 7.87. The summed E-state index contributed by atoms with van der Waals surface area (Å²) in [5.74, 6) is 0.794. The van der Waals surface area contributed by atoms with Crippen LogP contribution in [0.25, 0.3) is 0 Å². The highest BCUT2D eigenvalue weighted by atomic mass is 32.1. The van der Waals surface area contributed by atoms with E-state index in [0.29, 0.717) is 6.04 Å². The Morgan fingerprint density at radius 1 is 1.38 bits per heavy atom. The first-order valence-electron chi connectivity index (χ1n) is 4.97. The van der Waals surface area contributed by atoms with Gasteiger partial charge in [-0.15, -0.1) is 11.3 Å². The Morgan fingerprint density at radius 2 is 2.15 bits per heavy atom. The van der Waals surface area contributed by atoms with E-state index < -0.39 is 0 Å². The first kappa shape index (κ1) is 10.7. The summed E-state index contributed by atoms with van der Waals surface area (Å²) >= 11 is 1.83. The summed E-state index contributed by atoms with van der Waals surface area (Å²) in [5.41, 5.74) is 0. The Balaban J connectivity index is 2.22. The summed E-state index contributed by atoms with van der Waals surface area (Å²) in [4.78, 5) is 1.43. The molecule has 0 radical (unpaired) electrons. The molecule has 1 aromatic rings. The fourth-order valence-electron chi connectivity index (χ4n) is 1.23. The van der Waals surface area contributed by atoms with Crippen molar-refractivity contribution in [3.8, 4) is 0 Å². The van der Waals surface area contributed by atoms with Crippen molar-refractivity contribution in [3.05, 3.63) is 22.4 Å². The lowest BCUT2D eigenvalue weighted by Crippen LogP contribution is -2.20. The average molecular weight is 197 g/mol. The number of rotatable bonds is 5. The molecule has 1 aromatic heterocycles. The highest BCUT2D eigenvalue weighted by molar-refractivity contribution is 7.10. The average Bonchev–Trinajstić information content (AvgIpc) is 2.55. The molecule has 1 nitrogen and oxygen atoms in total. The molecule has 0 saturated carbocycles. The lowest BCUT2D eigenvalue weighted by molar-refractivity contribution is 0.500. The quantitative estimate of drug-likeness (QED) is 0.762. The van der Waals surface area contributed by atoms with Crippen LogP contribution in [-0.2, 0) is 0 Å². The van der Waals surface area contributed by atoms with E-state index in [1.165, 1.54) is 11.3 Å². The first-order valence-corrected chi connectivity index (χ1v) is 5.85. The molecule has 0 fully saturated rings. The molecule has 0 bridgehead atoms. The van der Waals surface area contributed by atoms with Crippen LogP contribution in [-0.4, -0.2) is 6.54 Å². The maximum absolute atomic E-state index is 3.53. The van der Waals surface area contributed by atoms with Crippen LogP contribution in [0.3, 0.4) is 0 Å². The van der Waals surface area contributed by atoms with Crippen LogP contribution in [0.4, 0.5) is 0 Å². The molecule has 0 aliphatic heterocycles. The van der Waals surface area contributed by atoms with E-state index in [2.05, 4.69) is 43.6 Å². The molecule has 1 rings (SSSR count). The standard InChI is InChI=1S/C11H19NS/c1-9(2)6-7-12-10(3)11-5-4-8-13-11/h4-5,8-10,12H,6-7H2,1-3H3/t10-/m1/s1. The van der Waals surface area contributed by atoms with Gasteiger partial charge in [-0.05, 0) is 37.3 Å². The largest absolute Gasteiger partial charge is 0.309 e. The lowest BCUT2D eigenvalue weighted by atomic mass is 10.1. The predicted molar refractivity (Wildman–Crippen MR) is 60.2 cm³/mol. The van der Waals surface area contributed by atoms with Gasteiger partial charge < -0.3 is 5.32 Å². The molecule has 0 aromatic carbocycles. The fourth-order valence-corrected chi connectivity index (χ4v) is 1.99. The summed E-state index contributed by atoms with van der Waals surface area (Å²) in [6, 6.07) is 4.82. The normalized spacial score (nSPS) is 13.5. The minimum Gasteiger partial charge on any atom is -0.309 e. The van der Waals surface area contributed by atoms with Crippen LogP contribution in [0, 0.1) is 5.92 Å². The van der Waals surface area contributed by atoms with Gasteiger partial charge >= 0.3 is 0 Å². The number of thiophene rings is 1. The fraction of sp³-hybridized carbons (Fsp3) is 0.636. The number of nitrogens with one attached hydrogen (secondary N) is 1. The van der Waals surface area contributed by atoms with Gasteiger partial charge in [0.15, 0.2) is 0 Å². The third-order valence-electron chi connectivity index (χ3n) is 2.14. The molecule has 0 saturated heterocycles. The van der Waals surface area contributed by atoms with E-state index >= 15 is 0 Å². The third kappa shape index (κ3) is 3.92. The molecule has 74 valence electrons. The maximum atomic E-state index is 3.53. The van der Waals surface area contributed by atoms with Crippen molar-refractivity contribution in [2.75, 3.05) is 6.54 Å². The molecule has 13 heavy (non-hydrogen) atoms. The van der Waals surface area contributed by atoms with Gasteiger partial charge in [0.1, 0.15) is 0 Å². The van der Waals surface area contributed by atoms with Crippen LogP contribution in [0.1, 0.15) is 38.1 Å². The van der Waals surface area contributed by atoms with Crippen LogP contribution in [0.2, 0.25) is 0 Å². The molecule has 0 aliphatic rings. The minimum absolute atomic E-state index is 0.513. The van der Waals surface area contributed by atoms with Gasteiger partial charge in [0.2, 0.25) is 0 Å². The van der Waals surface area contributed by atoms with Crippen molar-refractivity contribution in [2.45, 2.75) is 33.2 Å². The second kappa shape index (κ2) is 5.40. The van der Waals surface area contributed by atoms with Crippen LogP contribution in [0.5, 0.6) is 0 Å². The van der Waals surface area contributed by atoms with Gasteiger partial charge in [0.05, 0.1) is 0 Å². The summed E-state index contributed by atoms with van der Waals surface area (Å²) in [7, 11) is 0. The Labute approximate surface area is 85.2 Å². The molecule has 0 amide bonds. The molecule has 1 atom stereocenters. The molecule has 0 unspecified atom stereocenters. The topological polar surface area (TPSA) is 12.0 Å². The number of hydrogen-bond donors (Lipinski definition) is 1. The predicted octanol–water partition coefficient (Wildman–Crippen LogP) is 3.44. The second-order valence-electron chi connectivity index (χ2n) is 3.87. The van der Waals surface area contributed by atoms with Crippen LogP contribution >= 0.6 is 11.3 Å². The van der Waals surface area contributed by atoms with Crippen molar-refractivity contribution in [3.63, 3.8) is 0 Å². The molecular weight excluding hydrogens is 178 g/mol. The van der Waals surface area contributed by atoms with Crippen molar-refractivity contribution >= 4 is 11.3 Å². The van der Waals surface area contributed by atoms with Crippen molar-refractivity contribution < 1.29 is 0 Å². The van der Waals surface area contributed by atoms with Crippen molar-refractivity contribution in [1.82, 2.24) is 5.32 Å². The van der Waals surface area contributed by atoms with Gasteiger partial charge in [0.25, 0.3) is 0 Å². The van der Waals surface area contributed by atoms with E-state index in [0.717, 1.165) is 12.5 Å². The monoisotopic (exact) mass is 197 g/mol. The van der Waals surface area contributed by atoms with Crippen molar-refractivity contribution in [2.24, 2.45) is 5.92 Å². The zero-order chi connectivity index (χ0) is 9.68. The van der Waals surface area contributed by atoms with Gasteiger partial charge in [-0.2, -0.15) is 0 Å². The van der Waals surface area contributed by atoms with Crippen LogP contribution < -0.4 is 5.32 Å². The van der Waals surface area contributed by atoms with E-state index in [4.69, 9.17) is 0 Å². The van der Waals surface area contributed by atoms with Gasteiger partial charge in [-0.25, -0.2) is 0 Å². The molecule has 2 heteroatoms. The van der Waals surface area contributed by atoms with Crippen LogP contribution in [0.15, 0.2) is 17.5 Å². The second-order valence-corrected chi connectivity index (χ2v) is 4.85. The van der Waals surface area contributed by atoms with E-state index in [1.807, 2.05) is 11.3 Å². The zero-order valence-corrected chi connectivity index (χ0v) is 9.53. The smallest absolute Gasteiger partial charge is 0.0386 e. The van der Waals surface area contributed by atoms with E-state index in [1.54, 1.807) is 0 Å². The molecule has 0 spiro atoms. The Morgan fingerprint density at radius 3 is 2.69 bits per heavy atom. The zero-order valence-electron chi connectivity index (χ0n) is 8.71. The Hall–Kier alpha value is -0.340. The van der Waals surface area contributed by atoms with E-state index in [9.17, 15) is 0 Å². The SMILES string of the molecule is CC(C)CCN[C@H](C)c1cccs1. The highest BCUT2D eigenvalue weighted by Crippen LogP contribution is 2.17. The molecular formula is C11H19NS. The van der Waals surface area contributed by atoms with Crippen molar-refractivity contribution in [1.29, 1.82) is 0 Å².